The lowest BCUT2D eigenvalue weighted by Crippen LogP contribution is -2.19. The Labute approximate surface area is 118 Å². The van der Waals surface area contributed by atoms with Crippen LogP contribution in [-0.2, 0) is 0 Å². The van der Waals surface area contributed by atoms with Gasteiger partial charge in [0.1, 0.15) is 11.6 Å². The fourth-order valence-corrected chi connectivity index (χ4v) is 2.05. The van der Waals surface area contributed by atoms with E-state index in [2.05, 4.69) is 15.3 Å². The van der Waals surface area contributed by atoms with Crippen molar-refractivity contribution in [2.75, 3.05) is 7.05 Å². The van der Waals surface area contributed by atoms with Gasteiger partial charge in [0.05, 0.1) is 24.5 Å². The molecule has 0 aliphatic heterocycles. The van der Waals surface area contributed by atoms with Crippen molar-refractivity contribution in [2.24, 2.45) is 0 Å². The van der Waals surface area contributed by atoms with Crippen molar-refractivity contribution in [2.45, 2.75) is 26.0 Å². The molecule has 4 nitrogen and oxygen atoms in total. The second-order valence-corrected chi connectivity index (χ2v) is 4.74. The first kappa shape index (κ1) is 14.4. The first-order valence-corrected chi connectivity index (χ1v) is 6.50. The van der Waals surface area contributed by atoms with Crippen LogP contribution in [0.2, 0.25) is 0 Å². The Morgan fingerprint density at radius 3 is 2.65 bits per heavy atom. The topological polar surface area (TPSA) is 47.0 Å². The molecule has 2 aromatic heterocycles. The minimum atomic E-state index is -0.345. The average molecular weight is 275 g/mol. The summed E-state index contributed by atoms with van der Waals surface area (Å²) >= 11 is 0. The monoisotopic (exact) mass is 275 g/mol. The number of pyridine rings is 2. The molecule has 0 aliphatic carbocycles. The van der Waals surface area contributed by atoms with Crippen LogP contribution in [0.4, 0.5) is 4.39 Å². The van der Waals surface area contributed by atoms with E-state index in [0.717, 1.165) is 5.56 Å². The number of ether oxygens (including phenoxy) is 1. The van der Waals surface area contributed by atoms with E-state index in [-0.39, 0.29) is 18.0 Å². The Kier molecular flexibility index (Phi) is 4.63. The predicted octanol–water partition coefficient (Wildman–Crippen LogP) is 2.71. The number of hydrogen-bond acceptors (Lipinski definition) is 4. The third-order valence-corrected chi connectivity index (χ3v) is 2.84. The third-order valence-electron chi connectivity index (χ3n) is 2.84. The fourth-order valence-electron chi connectivity index (χ4n) is 2.05. The van der Waals surface area contributed by atoms with Gasteiger partial charge < -0.3 is 10.1 Å². The highest BCUT2D eigenvalue weighted by Gasteiger charge is 2.17. The summed E-state index contributed by atoms with van der Waals surface area (Å²) in [7, 11) is 1.78. The van der Waals surface area contributed by atoms with Crippen LogP contribution in [-0.4, -0.2) is 23.1 Å². The van der Waals surface area contributed by atoms with Gasteiger partial charge in [-0.3, -0.25) is 9.97 Å². The highest BCUT2D eigenvalue weighted by molar-refractivity contribution is 5.33. The molecule has 0 amide bonds. The van der Waals surface area contributed by atoms with Crippen LogP contribution in [0.1, 0.15) is 31.0 Å². The van der Waals surface area contributed by atoms with E-state index in [1.165, 1.54) is 6.20 Å². The fraction of sp³-hybridized carbons (Fsp3) is 0.333. The summed E-state index contributed by atoms with van der Waals surface area (Å²) in [5.74, 6) is 0.328. The summed E-state index contributed by atoms with van der Waals surface area (Å²) < 4.78 is 19.5. The normalized spacial score (nSPS) is 12.4. The Morgan fingerprint density at radius 2 is 2.00 bits per heavy atom. The smallest absolute Gasteiger partial charge is 0.146 e. The van der Waals surface area contributed by atoms with Crippen molar-refractivity contribution in [3.63, 3.8) is 0 Å². The molecule has 2 aromatic rings. The zero-order valence-electron chi connectivity index (χ0n) is 11.8. The molecule has 0 radical (unpaired) electrons. The molecule has 0 spiro atoms. The van der Waals surface area contributed by atoms with Crippen LogP contribution < -0.4 is 10.1 Å². The van der Waals surface area contributed by atoms with E-state index in [0.29, 0.717) is 11.3 Å². The molecule has 2 rings (SSSR count). The maximum atomic E-state index is 13.9. The Morgan fingerprint density at radius 1 is 1.20 bits per heavy atom. The summed E-state index contributed by atoms with van der Waals surface area (Å²) in [6.07, 6.45) is 6.21. The van der Waals surface area contributed by atoms with Crippen molar-refractivity contribution >= 4 is 0 Å². The molecule has 5 heteroatoms. The number of nitrogens with one attached hydrogen (secondary N) is 1. The largest absolute Gasteiger partial charge is 0.489 e. The van der Waals surface area contributed by atoms with Crippen molar-refractivity contribution in [1.82, 2.24) is 15.3 Å². The molecule has 20 heavy (non-hydrogen) atoms. The summed E-state index contributed by atoms with van der Waals surface area (Å²) in [4.78, 5) is 7.93. The summed E-state index contributed by atoms with van der Waals surface area (Å²) in [6, 6.07) is 3.24. The van der Waals surface area contributed by atoms with E-state index in [1.807, 2.05) is 19.9 Å². The zero-order chi connectivity index (χ0) is 14.5. The molecular weight excluding hydrogens is 257 g/mol. The minimum Gasteiger partial charge on any atom is -0.489 e. The van der Waals surface area contributed by atoms with Gasteiger partial charge in [0.15, 0.2) is 0 Å². The number of hydrogen-bond donors (Lipinski definition) is 1. The van der Waals surface area contributed by atoms with Crippen molar-refractivity contribution < 1.29 is 9.13 Å². The maximum Gasteiger partial charge on any atom is 0.146 e. The predicted molar refractivity (Wildman–Crippen MR) is 75.1 cm³/mol. The van der Waals surface area contributed by atoms with Gasteiger partial charge in [-0.1, -0.05) is 0 Å². The highest BCUT2D eigenvalue weighted by atomic mass is 19.1. The third kappa shape index (κ3) is 3.30. The van der Waals surface area contributed by atoms with Crippen LogP contribution in [0, 0.1) is 5.82 Å². The SMILES string of the molecule is CNC(c1cncc(OC(C)C)c1)c1ccncc1F. The molecule has 0 bridgehead atoms. The first-order chi connectivity index (χ1) is 9.61. The van der Waals surface area contributed by atoms with Crippen LogP contribution in [0.5, 0.6) is 5.75 Å². The van der Waals surface area contributed by atoms with Gasteiger partial charge in [-0.15, -0.1) is 0 Å². The molecular formula is C15H18FN3O. The quantitative estimate of drug-likeness (QED) is 0.911. The van der Waals surface area contributed by atoms with E-state index >= 15 is 0 Å². The molecule has 0 saturated heterocycles. The molecule has 1 atom stereocenters. The number of halogens is 1. The second-order valence-electron chi connectivity index (χ2n) is 4.74. The van der Waals surface area contributed by atoms with Crippen LogP contribution in [0.25, 0.3) is 0 Å². The van der Waals surface area contributed by atoms with Gasteiger partial charge in [0.2, 0.25) is 0 Å². The summed E-state index contributed by atoms with van der Waals surface area (Å²) in [5.41, 5.74) is 1.38. The molecule has 0 fully saturated rings. The van der Waals surface area contributed by atoms with Crippen molar-refractivity contribution in [3.8, 4) is 5.75 Å². The second kappa shape index (κ2) is 6.43. The van der Waals surface area contributed by atoms with Crippen molar-refractivity contribution in [3.05, 3.63) is 53.9 Å². The zero-order valence-corrected chi connectivity index (χ0v) is 11.8. The van der Waals surface area contributed by atoms with Gasteiger partial charge in [-0.25, -0.2) is 4.39 Å². The number of rotatable bonds is 5. The minimum absolute atomic E-state index is 0.0674. The maximum absolute atomic E-state index is 13.9. The lowest BCUT2D eigenvalue weighted by Gasteiger charge is -2.18. The number of nitrogens with zero attached hydrogens (tertiary/aromatic N) is 2. The van der Waals surface area contributed by atoms with Gasteiger partial charge in [0, 0.05) is 18.0 Å². The molecule has 0 saturated carbocycles. The summed E-state index contributed by atoms with van der Waals surface area (Å²) in [6.45, 7) is 3.90. The van der Waals surface area contributed by atoms with Crippen LogP contribution in [0.15, 0.2) is 36.9 Å². The lowest BCUT2D eigenvalue weighted by atomic mass is 10.0. The molecule has 1 unspecified atom stereocenters. The lowest BCUT2D eigenvalue weighted by molar-refractivity contribution is 0.241. The Bertz CT molecular complexity index is 575. The summed E-state index contributed by atoms with van der Waals surface area (Å²) in [5, 5.41) is 3.09. The molecule has 2 heterocycles. The van der Waals surface area contributed by atoms with E-state index in [9.17, 15) is 4.39 Å². The van der Waals surface area contributed by atoms with Crippen LogP contribution >= 0.6 is 0 Å². The van der Waals surface area contributed by atoms with Gasteiger partial charge in [-0.2, -0.15) is 0 Å². The molecule has 0 aliphatic rings. The Balaban J connectivity index is 2.35. The van der Waals surface area contributed by atoms with Crippen LogP contribution in [0.3, 0.4) is 0 Å². The standard InChI is InChI=1S/C15H18FN3O/c1-10(2)20-12-6-11(7-19-8-12)15(17-3)13-4-5-18-9-14(13)16/h4-10,15,17H,1-3H3. The van der Waals surface area contributed by atoms with E-state index < -0.39 is 0 Å². The Hall–Kier alpha value is -2.01. The number of aromatic nitrogens is 2. The first-order valence-electron chi connectivity index (χ1n) is 6.50. The average Bonchev–Trinajstić information content (AvgIpc) is 2.41. The van der Waals surface area contributed by atoms with E-state index in [1.54, 1.807) is 31.7 Å². The van der Waals surface area contributed by atoms with Crippen molar-refractivity contribution in [1.29, 1.82) is 0 Å². The van der Waals surface area contributed by atoms with Gasteiger partial charge >= 0.3 is 0 Å². The van der Waals surface area contributed by atoms with E-state index in [4.69, 9.17) is 4.74 Å². The molecule has 106 valence electrons. The highest BCUT2D eigenvalue weighted by Crippen LogP contribution is 2.25. The molecule has 0 aromatic carbocycles. The van der Waals surface area contributed by atoms with Gasteiger partial charge in [-0.05, 0) is 38.6 Å². The van der Waals surface area contributed by atoms with Gasteiger partial charge in [0.25, 0.3) is 0 Å². The molecule has 1 N–H and O–H groups in total.